The second kappa shape index (κ2) is 10.0. The first-order valence-electron chi connectivity index (χ1n) is 10.5. The summed E-state index contributed by atoms with van der Waals surface area (Å²) >= 11 is 6.31. The van der Waals surface area contributed by atoms with Crippen LogP contribution in [0.4, 0.5) is 15.8 Å². The van der Waals surface area contributed by atoms with Crippen LogP contribution in [-0.2, 0) is 11.2 Å². The standard InChI is InChI=1S/C25H22ClFN2O5/c1-29-13-18(34-23-5-3-2-4-22(23)29)14-33-17-7-8-19(20(26)12-17)25(32)28-16-6-9-21(27)15(10-16)11-24(30)31/h2-10,12,18H,11,13-14H2,1H3,(H,28,32)(H,30,31)/t18-/m0/s1. The molecule has 0 spiro atoms. The number of halogens is 2. The molecule has 4 rings (SSSR count). The summed E-state index contributed by atoms with van der Waals surface area (Å²) in [5.41, 5.74) is 1.45. The van der Waals surface area contributed by atoms with E-state index in [1.807, 2.05) is 31.3 Å². The van der Waals surface area contributed by atoms with E-state index in [1.54, 1.807) is 6.07 Å². The number of ether oxygens (including phenoxy) is 2. The molecule has 34 heavy (non-hydrogen) atoms. The summed E-state index contributed by atoms with van der Waals surface area (Å²) < 4.78 is 25.6. The van der Waals surface area contributed by atoms with Gasteiger partial charge in [-0.05, 0) is 48.5 Å². The van der Waals surface area contributed by atoms with Crippen LogP contribution in [0, 0.1) is 5.82 Å². The fraction of sp³-hybridized carbons (Fsp3) is 0.200. The smallest absolute Gasteiger partial charge is 0.307 e. The quantitative estimate of drug-likeness (QED) is 0.508. The molecule has 3 aromatic rings. The zero-order valence-electron chi connectivity index (χ0n) is 18.3. The second-order valence-electron chi connectivity index (χ2n) is 7.87. The minimum atomic E-state index is -1.17. The van der Waals surface area contributed by atoms with Crippen molar-refractivity contribution in [3.63, 3.8) is 0 Å². The molecule has 1 aliphatic rings. The van der Waals surface area contributed by atoms with E-state index in [2.05, 4.69) is 10.2 Å². The molecule has 1 heterocycles. The van der Waals surface area contributed by atoms with Gasteiger partial charge in [0.1, 0.15) is 30.0 Å². The lowest BCUT2D eigenvalue weighted by Gasteiger charge is -2.33. The fourth-order valence-corrected chi connectivity index (χ4v) is 3.94. The van der Waals surface area contributed by atoms with Gasteiger partial charge in [0.2, 0.25) is 0 Å². The average molecular weight is 485 g/mol. The lowest BCUT2D eigenvalue weighted by Crippen LogP contribution is -2.41. The van der Waals surface area contributed by atoms with Gasteiger partial charge in [-0.15, -0.1) is 0 Å². The van der Waals surface area contributed by atoms with Gasteiger partial charge in [0.05, 0.1) is 29.2 Å². The molecule has 0 unspecified atom stereocenters. The Bertz CT molecular complexity index is 1240. The highest BCUT2D eigenvalue weighted by Gasteiger charge is 2.24. The molecule has 7 nitrogen and oxygen atoms in total. The summed E-state index contributed by atoms with van der Waals surface area (Å²) in [6, 6.07) is 16.2. The number of carbonyl (C=O) groups excluding carboxylic acids is 1. The molecule has 2 N–H and O–H groups in total. The van der Waals surface area contributed by atoms with Gasteiger partial charge in [-0.25, -0.2) is 4.39 Å². The Morgan fingerprint density at radius 1 is 1.21 bits per heavy atom. The van der Waals surface area contributed by atoms with E-state index >= 15 is 0 Å². The van der Waals surface area contributed by atoms with Gasteiger partial charge in [0.25, 0.3) is 5.91 Å². The number of benzene rings is 3. The number of rotatable bonds is 7. The third-order valence-electron chi connectivity index (χ3n) is 5.31. The van der Waals surface area contributed by atoms with Crippen LogP contribution in [0.1, 0.15) is 15.9 Å². The van der Waals surface area contributed by atoms with Gasteiger partial charge in [0, 0.05) is 18.3 Å². The topological polar surface area (TPSA) is 88.1 Å². The van der Waals surface area contributed by atoms with Crippen LogP contribution in [0.5, 0.6) is 11.5 Å². The van der Waals surface area contributed by atoms with Gasteiger partial charge in [-0.2, -0.15) is 0 Å². The minimum Gasteiger partial charge on any atom is -0.490 e. The van der Waals surface area contributed by atoms with Crippen molar-refractivity contribution in [2.24, 2.45) is 0 Å². The first kappa shape index (κ1) is 23.4. The molecule has 0 aromatic heterocycles. The van der Waals surface area contributed by atoms with Gasteiger partial charge >= 0.3 is 5.97 Å². The number of carbonyl (C=O) groups is 2. The van der Waals surface area contributed by atoms with Gasteiger partial charge < -0.3 is 24.8 Å². The van der Waals surface area contributed by atoms with Crippen LogP contribution in [0.3, 0.4) is 0 Å². The number of anilines is 2. The third-order valence-corrected chi connectivity index (χ3v) is 5.63. The highest BCUT2D eigenvalue weighted by molar-refractivity contribution is 6.34. The van der Waals surface area contributed by atoms with Crippen molar-refractivity contribution in [2.75, 3.05) is 30.4 Å². The van der Waals surface area contributed by atoms with Crippen LogP contribution < -0.4 is 19.7 Å². The highest BCUT2D eigenvalue weighted by atomic mass is 35.5. The number of likely N-dealkylation sites (N-methyl/N-ethyl adjacent to an activating group) is 1. The van der Waals surface area contributed by atoms with Crippen LogP contribution >= 0.6 is 11.6 Å². The zero-order valence-corrected chi connectivity index (χ0v) is 19.0. The van der Waals surface area contributed by atoms with Gasteiger partial charge in [-0.1, -0.05) is 23.7 Å². The van der Waals surface area contributed by atoms with Crippen LogP contribution in [0.15, 0.2) is 60.7 Å². The minimum absolute atomic E-state index is 0.0293. The first-order chi connectivity index (χ1) is 16.3. The molecule has 1 atom stereocenters. The molecule has 0 saturated carbocycles. The maximum atomic E-state index is 13.8. The molecule has 0 fully saturated rings. The number of nitrogens with one attached hydrogen (secondary N) is 1. The molecule has 3 aromatic carbocycles. The summed E-state index contributed by atoms with van der Waals surface area (Å²) in [4.78, 5) is 25.6. The average Bonchev–Trinajstić information content (AvgIpc) is 2.79. The number of hydrogen-bond donors (Lipinski definition) is 2. The van der Waals surface area contributed by atoms with E-state index < -0.39 is 24.1 Å². The molecule has 0 saturated heterocycles. The maximum absolute atomic E-state index is 13.8. The summed E-state index contributed by atoms with van der Waals surface area (Å²) in [6.07, 6.45) is -0.672. The molecular formula is C25H22ClFN2O5. The molecule has 0 radical (unpaired) electrons. The summed E-state index contributed by atoms with van der Waals surface area (Å²) in [6.45, 7) is 0.954. The molecular weight excluding hydrogens is 463 g/mol. The normalized spacial score (nSPS) is 14.7. The summed E-state index contributed by atoms with van der Waals surface area (Å²) in [7, 11) is 1.99. The van der Waals surface area contributed by atoms with Gasteiger partial charge in [0.15, 0.2) is 0 Å². The van der Waals surface area contributed by atoms with Crippen LogP contribution in [0.25, 0.3) is 0 Å². The van der Waals surface area contributed by atoms with E-state index in [0.717, 1.165) is 17.5 Å². The predicted octanol–water partition coefficient (Wildman–Crippen LogP) is 4.63. The number of carboxylic acid groups (broad SMARTS) is 1. The Labute approximate surface area is 200 Å². The Balaban J connectivity index is 1.39. The Morgan fingerprint density at radius 2 is 2.00 bits per heavy atom. The molecule has 9 heteroatoms. The van der Waals surface area contributed by atoms with Crippen molar-refractivity contribution in [2.45, 2.75) is 12.5 Å². The Kier molecular flexibility index (Phi) is 6.88. The number of amides is 1. The van der Waals surface area contributed by atoms with E-state index in [1.165, 1.54) is 24.3 Å². The zero-order chi connectivity index (χ0) is 24.2. The van der Waals surface area contributed by atoms with Crippen molar-refractivity contribution in [1.82, 2.24) is 0 Å². The van der Waals surface area contributed by atoms with Crippen molar-refractivity contribution in [3.8, 4) is 11.5 Å². The number of fused-ring (bicyclic) bond motifs is 1. The Morgan fingerprint density at radius 3 is 2.76 bits per heavy atom. The molecule has 1 aliphatic heterocycles. The van der Waals surface area contributed by atoms with E-state index in [4.69, 9.17) is 26.2 Å². The highest BCUT2D eigenvalue weighted by Crippen LogP contribution is 2.32. The summed E-state index contributed by atoms with van der Waals surface area (Å²) in [5.74, 6) is -1.07. The SMILES string of the molecule is CN1C[C@@H](COc2ccc(C(=O)Nc3ccc(F)c(CC(=O)O)c3)c(Cl)c2)Oc2ccccc21. The maximum Gasteiger partial charge on any atom is 0.307 e. The lowest BCUT2D eigenvalue weighted by atomic mass is 10.1. The van der Waals surface area contributed by atoms with Crippen molar-refractivity contribution >= 4 is 34.9 Å². The van der Waals surface area contributed by atoms with Gasteiger partial charge in [-0.3, -0.25) is 9.59 Å². The second-order valence-corrected chi connectivity index (χ2v) is 8.28. The predicted molar refractivity (Wildman–Crippen MR) is 127 cm³/mol. The van der Waals surface area contributed by atoms with E-state index in [9.17, 15) is 14.0 Å². The number of para-hydroxylation sites is 2. The third kappa shape index (κ3) is 5.40. The van der Waals surface area contributed by atoms with Crippen molar-refractivity contribution in [1.29, 1.82) is 0 Å². The molecule has 0 bridgehead atoms. The monoisotopic (exact) mass is 484 g/mol. The Hall–Kier alpha value is -3.78. The lowest BCUT2D eigenvalue weighted by molar-refractivity contribution is -0.136. The van der Waals surface area contributed by atoms with Crippen molar-refractivity contribution in [3.05, 3.63) is 82.6 Å². The largest absolute Gasteiger partial charge is 0.490 e. The number of hydrogen-bond acceptors (Lipinski definition) is 5. The first-order valence-corrected chi connectivity index (χ1v) is 10.9. The number of nitrogens with zero attached hydrogens (tertiary/aromatic N) is 1. The van der Waals surface area contributed by atoms with E-state index in [0.29, 0.717) is 18.9 Å². The molecule has 0 aliphatic carbocycles. The summed E-state index contributed by atoms with van der Waals surface area (Å²) in [5, 5.41) is 11.7. The number of aliphatic carboxylic acids is 1. The van der Waals surface area contributed by atoms with Crippen molar-refractivity contribution < 1.29 is 28.6 Å². The number of carboxylic acids is 1. The fourth-order valence-electron chi connectivity index (χ4n) is 3.69. The van der Waals surface area contributed by atoms with Crippen LogP contribution in [-0.4, -0.2) is 43.3 Å². The van der Waals surface area contributed by atoms with E-state index in [-0.39, 0.29) is 27.9 Å². The molecule has 1 amide bonds. The molecule has 176 valence electrons. The van der Waals surface area contributed by atoms with Crippen LogP contribution in [0.2, 0.25) is 5.02 Å².